The van der Waals surface area contributed by atoms with Gasteiger partial charge in [0.15, 0.2) is 0 Å². The molecule has 0 aliphatic heterocycles. The summed E-state index contributed by atoms with van der Waals surface area (Å²) in [6, 6.07) is 13.3. The maximum atomic E-state index is 12.6. The Labute approximate surface area is 166 Å². The van der Waals surface area contributed by atoms with Gasteiger partial charge in [-0.15, -0.1) is 11.3 Å². The van der Waals surface area contributed by atoms with Crippen LogP contribution in [0.3, 0.4) is 0 Å². The minimum absolute atomic E-state index is 0.104. The van der Waals surface area contributed by atoms with Crippen molar-refractivity contribution in [2.24, 2.45) is 7.05 Å². The lowest BCUT2D eigenvalue weighted by molar-refractivity contribution is -0.121. The molecule has 0 spiro atoms. The van der Waals surface area contributed by atoms with Gasteiger partial charge in [-0.05, 0) is 17.0 Å². The van der Waals surface area contributed by atoms with Gasteiger partial charge in [0.25, 0.3) is 0 Å². The summed E-state index contributed by atoms with van der Waals surface area (Å²) in [5.41, 5.74) is 0.975. The number of nitrogens with one attached hydrogen (secondary N) is 1. The van der Waals surface area contributed by atoms with E-state index in [0.717, 1.165) is 16.3 Å². The number of benzene rings is 1. The number of hydrogen-bond donors (Lipinski definition) is 1. The van der Waals surface area contributed by atoms with Crippen molar-refractivity contribution >= 4 is 17.2 Å². The molecule has 142 valence electrons. The van der Waals surface area contributed by atoms with Crippen LogP contribution in [-0.4, -0.2) is 25.6 Å². The third kappa shape index (κ3) is 4.01. The highest BCUT2D eigenvalue weighted by Crippen LogP contribution is 2.22. The molecule has 1 amide bonds. The number of nitrogens with zero attached hydrogens (tertiary/aromatic N) is 4. The molecule has 1 N–H and O–H groups in total. The molecule has 3 heterocycles. The molecule has 1 aromatic carbocycles. The second-order valence-electron chi connectivity index (χ2n) is 6.30. The van der Waals surface area contributed by atoms with Gasteiger partial charge in [-0.1, -0.05) is 41.6 Å². The van der Waals surface area contributed by atoms with Gasteiger partial charge in [0.1, 0.15) is 11.9 Å². The number of carbonyl (C=O) groups is 1. The number of aryl methyl sites for hydroxylation is 2. The summed E-state index contributed by atoms with van der Waals surface area (Å²) in [7, 11) is 1.91. The maximum Gasteiger partial charge on any atom is 0.227 e. The van der Waals surface area contributed by atoms with Crippen molar-refractivity contribution in [1.82, 2.24) is 25.0 Å². The maximum absolute atomic E-state index is 12.6. The fraction of sp³-hybridized carbons (Fsp3) is 0.200. The zero-order valence-electron chi connectivity index (χ0n) is 15.3. The molecular formula is C20H19N5O2S. The Balaban J connectivity index is 1.43. The number of imidazole rings is 1. The summed E-state index contributed by atoms with van der Waals surface area (Å²) in [4.78, 5) is 22.3. The number of rotatable bonds is 7. The van der Waals surface area contributed by atoms with E-state index in [2.05, 4.69) is 20.4 Å². The highest BCUT2D eigenvalue weighted by Gasteiger charge is 2.21. The van der Waals surface area contributed by atoms with Crippen molar-refractivity contribution in [1.29, 1.82) is 0 Å². The molecule has 0 fully saturated rings. The molecule has 0 radical (unpaired) electrons. The average molecular weight is 393 g/mol. The number of hydrogen-bond acceptors (Lipinski definition) is 6. The highest BCUT2D eigenvalue weighted by molar-refractivity contribution is 7.13. The van der Waals surface area contributed by atoms with Crippen molar-refractivity contribution in [2.75, 3.05) is 0 Å². The topological polar surface area (TPSA) is 85.8 Å². The molecule has 0 bridgehead atoms. The van der Waals surface area contributed by atoms with Crippen LogP contribution >= 0.6 is 11.3 Å². The second-order valence-corrected chi connectivity index (χ2v) is 7.24. The fourth-order valence-corrected chi connectivity index (χ4v) is 3.56. The van der Waals surface area contributed by atoms with E-state index in [1.54, 1.807) is 17.5 Å². The smallest absolute Gasteiger partial charge is 0.227 e. The van der Waals surface area contributed by atoms with E-state index in [9.17, 15) is 4.79 Å². The molecular weight excluding hydrogens is 374 g/mol. The van der Waals surface area contributed by atoms with E-state index in [-0.39, 0.29) is 18.4 Å². The number of aromatic nitrogens is 4. The van der Waals surface area contributed by atoms with Gasteiger partial charge in [-0.25, -0.2) is 4.98 Å². The quantitative estimate of drug-likeness (QED) is 0.520. The van der Waals surface area contributed by atoms with E-state index in [0.29, 0.717) is 18.1 Å². The standard InChI is InChI=1S/C20H19N5O2S/c1-25-12-11-21-20(25)18(14-6-3-2-4-7-14)22-16(26)9-10-17-23-19(24-27-17)15-8-5-13-28-15/h2-8,11-13,18H,9-10H2,1H3,(H,22,26). The largest absolute Gasteiger partial charge is 0.342 e. The lowest BCUT2D eigenvalue weighted by Crippen LogP contribution is -2.31. The molecule has 4 aromatic rings. The molecule has 7 nitrogen and oxygen atoms in total. The molecule has 8 heteroatoms. The lowest BCUT2D eigenvalue weighted by atomic mass is 10.1. The van der Waals surface area contributed by atoms with Crippen LogP contribution in [0.4, 0.5) is 0 Å². The van der Waals surface area contributed by atoms with Gasteiger partial charge in [0.2, 0.25) is 17.6 Å². The van der Waals surface area contributed by atoms with Crippen LogP contribution < -0.4 is 5.32 Å². The monoisotopic (exact) mass is 393 g/mol. The van der Waals surface area contributed by atoms with E-state index < -0.39 is 0 Å². The summed E-state index contributed by atoms with van der Waals surface area (Å²) in [6.07, 6.45) is 4.22. The average Bonchev–Trinajstić information content (AvgIpc) is 3.47. The van der Waals surface area contributed by atoms with Crippen molar-refractivity contribution in [3.05, 3.63) is 77.5 Å². The normalized spacial score (nSPS) is 12.0. The Morgan fingerprint density at radius 2 is 2.11 bits per heavy atom. The summed E-state index contributed by atoms with van der Waals surface area (Å²) in [5.74, 6) is 1.68. The molecule has 4 rings (SSSR count). The second kappa shape index (κ2) is 8.18. The van der Waals surface area contributed by atoms with Gasteiger partial charge in [0.05, 0.1) is 4.88 Å². The van der Waals surface area contributed by atoms with Crippen molar-refractivity contribution in [2.45, 2.75) is 18.9 Å². The van der Waals surface area contributed by atoms with Crippen molar-refractivity contribution in [3.63, 3.8) is 0 Å². The third-order valence-corrected chi connectivity index (χ3v) is 5.20. The third-order valence-electron chi connectivity index (χ3n) is 4.33. The molecule has 0 saturated heterocycles. The van der Waals surface area contributed by atoms with Gasteiger partial charge >= 0.3 is 0 Å². The zero-order chi connectivity index (χ0) is 19.3. The van der Waals surface area contributed by atoms with E-state index in [1.807, 2.05) is 65.7 Å². The van der Waals surface area contributed by atoms with Crippen LogP contribution in [0.2, 0.25) is 0 Å². The minimum Gasteiger partial charge on any atom is -0.342 e. The van der Waals surface area contributed by atoms with Crippen LogP contribution in [0.25, 0.3) is 10.7 Å². The first-order valence-electron chi connectivity index (χ1n) is 8.88. The Morgan fingerprint density at radius 3 is 2.82 bits per heavy atom. The minimum atomic E-state index is -0.321. The number of amides is 1. The first-order valence-corrected chi connectivity index (χ1v) is 9.76. The van der Waals surface area contributed by atoms with Crippen molar-refractivity contribution < 1.29 is 9.32 Å². The van der Waals surface area contributed by atoms with Crippen LogP contribution in [0.5, 0.6) is 0 Å². The number of carbonyl (C=O) groups excluding carboxylic acids is 1. The van der Waals surface area contributed by atoms with E-state index >= 15 is 0 Å². The first kappa shape index (κ1) is 18.1. The van der Waals surface area contributed by atoms with Crippen LogP contribution in [0.1, 0.15) is 29.7 Å². The van der Waals surface area contributed by atoms with Crippen LogP contribution in [0, 0.1) is 0 Å². The predicted molar refractivity (Wildman–Crippen MR) is 106 cm³/mol. The SMILES string of the molecule is Cn1ccnc1C(NC(=O)CCc1nc(-c2cccs2)no1)c1ccccc1. The summed E-state index contributed by atoms with van der Waals surface area (Å²) in [6.45, 7) is 0. The van der Waals surface area contributed by atoms with Crippen molar-refractivity contribution in [3.8, 4) is 10.7 Å². The summed E-state index contributed by atoms with van der Waals surface area (Å²) in [5, 5.41) is 9.01. The molecule has 0 aliphatic carbocycles. The zero-order valence-corrected chi connectivity index (χ0v) is 16.1. The molecule has 3 aromatic heterocycles. The Bertz CT molecular complexity index is 1040. The first-order chi connectivity index (χ1) is 13.7. The van der Waals surface area contributed by atoms with Gasteiger partial charge < -0.3 is 14.4 Å². The van der Waals surface area contributed by atoms with Crippen LogP contribution in [-0.2, 0) is 18.3 Å². The molecule has 0 saturated carbocycles. The van der Waals surface area contributed by atoms with Gasteiger partial charge in [0, 0.05) is 32.3 Å². The predicted octanol–water partition coefficient (Wildman–Crippen LogP) is 3.37. The lowest BCUT2D eigenvalue weighted by Gasteiger charge is -2.19. The molecule has 28 heavy (non-hydrogen) atoms. The van der Waals surface area contributed by atoms with E-state index in [4.69, 9.17) is 4.52 Å². The highest BCUT2D eigenvalue weighted by atomic mass is 32.1. The van der Waals surface area contributed by atoms with Gasteiger partial charge in [-0.2, -0.15) is 4.98 Å². The molecule has 1 unspecified atom stereocenters. The van der Waals surface area contributed by atoms with Gasteiger partial charge in [-0.3, -0.25) is 4.79 Å². The molecule has 1 atom stereocenters. The Kier molecular flexibility index (Phi) is 5.29. The summed E-state index contributed by atoms with van der Waals surface area (Å²) >= 11 is 1.55. The Morgan fingerprint density at radius 1 is 1.25 bits per heavy atom. The summed E-state index contributed by atoms with van der Waals surface area (Å²) < 4.78 is 7.17. The number of thiophene rings is 1. The van der Waals surface area contributed by atoms with Crippen LogP contribution in [0.15, 0.2) is 64.8 Å². The molecule has 0 aliphatic rings. The van der Waals surface area contributed by atoms with E-state index in [1.165, 1.54) is 0 Å². The fourth-order valence-electron chi connectivity index (χ4n) is 2.91. The Hall–Kier alpha value is -3.26.